The lowest BCUT2D eigenvalue weighted by atomic mass is 9.89. The third-order valence-electron chi connectivity index (χ3n) is 3.47. The van der Waals surface area contributed by atoms with Gasteiger partial charge in [-0.3, -0.25) is 4.98 Å². The van der Waals surface area contributed by atoms with Crippen LogP contribution in [-0.2, 0) is 0 Å². The Hall–Kier alpha value is -0.850. The predicted molar refractivity (Wildman–Crippen MR) is 75.3 cm³/mol. The van der Waals surface area contributed by atoms with Crippen molar-refractivity contribution < 1.29 is 0 Å². The molecule has 0 bridgehead atoms. The van der Waals surface area contributed by atoms with Gasteiger partial charge in [0, 0.05) is 12.4 Å². The summed E-state index contributed by atoms with van der Waals surface area (Å²) < 4.78 is 0. The fourth-order valence-electron chi connectivity index (χ4n) is 2.38. The van der Waals surface area contributed by atoms with E-state index in [1.54, 1.807) is 0 Å². The number of hydrogen-bond acceptors (Lipinski definition) is 1. The Kier molecular flexibility index (Phi) is 7.70. The molecule has 0 N–H and O–H groups in total. The summed E-state index contributed by atoms with van der Waals surface area (Å²) in [5.74, 6) is 0.738. The van der Waals surface area contributed by atoms with Gasteiger partial charge >= 0.3 is 0 Å². The van der Waals surface area contributed by atoms with Crippen molar-refractivity contribution >= 4 is 0 Å². The molecular formula is C16H27N. The molecule has 0 atom stereocenters. The fourth-order valence-corrected chi connectivity index (χ4v) is 2.38. The van der Waals surface area contributed by atoms with Gasteiger partial charge in [0.1, 0.15) is 0 Å². The SMILES string of the molecule is CCCCCC(CCCCC)c1cccnc1. The van der Waals surface area contributed by atoms with Crippen LogP contribution in [0, 0.1) is 0 Å². The van der Waals surface area contributed by atoms with Crippen molar-refractivity contribution in [3.8, 4) is 0 Å². The second kappa shape index (κ2) is 9.21. The van der Waals surface area contributed by atoms with E-state index in [0.29, 0.717) is 0 Å². The van der Waals surface area contributed by atoms with Crippen LogP contribution < -0.4 is 0 Å². The summed E-state index contributed by atoms with van der Waals surface area (Å²) in [6, 6.07) is 4.32. The summed E-state index contributed by atoms with van der Waals surface area (Å²) in [5, 5.41) is 0. The first-order valence-corrected chi connectivity index (χ1v) is 7.28. The Morgan fingerprint density at radius 1 is 1.00 bits per heavy atom. The number of unbranched alkanes of at least 4 members (excludes halogenated alkanes) is 4. The maximum absolute atomic E-state index is 4.26. The normalized spacial score (nSPS) is 11.0. The van der Waals surface area contributed by atoms with E-state index in [9.17, 15) is 0 Å². The lowest BCUT2D eigenvalue weighted by Gasteiger charge is -2.16. The maximum Gasteiger partial charge on any atom is 0.0302 e. The van der Waals surface area contributed by atoms with Crippen molar-refractivity contribution in [1.82, 2.24) is 4.98 Å². The molecular weight excluding hydrogens is 206 g/mol. The van der Waals surface area contributed by atoms with Crippen molar-refractivity contribution in [3.63, 3.8) is 0 Å². The van der Waals surface area contributed by atoms with Gasteiger partial charge in [-0.05, 0) is 30.4 Å². The molecule has 1 heteroatoms. The monoisotopic (exact) mass is 233 g/mol. The molecule has 0 saturated heterocycles. The first kappa shape index (κ1) is 14.2. The molecule has 0 unspecified atom stereocenters. The number of nitrogens with zero attached hydrogens (tertiary/aromatic N) is 1. The molecule has 0 spiro atoms. The van der Waals surface area contributed by atoms with Gasteiger partial charge in [0.05, 0.1) is 0 Å². The smallest absolute Gasteiger partial charge is 0.0302 e. The standard InChI is InChI=1S/C16H27N/c1-3-5-7-10-15(11-8-6-4-2)16-12-9-13-17-14-16/h9,12-15H,3-8,10-11H2,1-2H3. The summed E-state index contributed by atoms with van der Waals surface area (Å²) in [6.45, 7) is 4.55. The van der Waals surface area contributed by atoms with Gasteiger partial charge < -0.3 is 0 Å². The van der Waals surface area contributed by atoms with Crippen LogP contribution in [0.2, 0.25) is 0 Å². The van der Waals surface area contributed by atoms with Crippen molar-refractivity contribution in [2.75, 3.05) is 0 Å². The number of pyridine rings is 1. The van der Waals surface area contributed by atoms with Crippen LogP contribution in [0.4, 0.5) is 0 Å². The molecule has 17 heavy (non-hydrogen) atoms. The molecule has 0 aliphatic rings. The second-order valence-electron chi connectivity index (χ2n) is 4.97. The third-order valence-corrected chi connectivity index (χ3v) is 3.47. The van der Waals surface area contributed by atoms with Gasteiger partial charge in [0.2, 0.25) is 0 Å². The van der Waals surface area contributed by atoms with E-state index >= 15 is 0 Å². The highest BCUT2D eigenvalue weighted by atomic mass is 14.6. The molecule has 0 fully saturated rings. The Labute approximate surface area is 107 Å². The Morgan fingerprint density at radius 2 is 1.65 bits per heavy atom. The van der Waals surface area contributed by atoms with Crippen LogP contribution in [0.5, 0.6) is 0 Å². The summed E-state index contributed by atoms with van der Waals surface area (Å²) in [5.41, 5.74) is 1.44. The van der Waals surface area contributed by atoms with Crippen molar-refractivity contribution in [1.29, 1.82) is 0 Å². The lowest BCUT2D eigenvalue weighted by molar-refractivity contribution is 0.505. The Balaban J connectivity index is 2.46. The summed E-state index contributed by atoms with van der Waals surface area (Å²) in [7, 11) is 0. The van der Waals surface area contributed by atoms with E-state index in [2.05, 4.69) is 37.2 Å². The number of rotatable bonds is 9. The van der Waals surface area contributed by atoms with E-state index < -0.39 is 0 Å². The molecule has 1 rings (SSSR count). The van der Waals surface area contributed by atoms with Crippen LogP contribution in [0.15, 0.2) is 24.5 Å². The fraction of sp³-hybridized carbons (Fsp3) is 0.688. The van der Waals surface area contributed by atoms with Gasteiger partial charge in [-0.2, -0.15) is 0 Å². The van der Waals surface area contributed by atoms with Crippen LogP contribution in [-0.4, -0.2) is 4.98 Å². The van der Waals surface area contributed by atoms with Gasteiger partial charge in [0.25, 0.3) is 0 Å². The molecule has 1 heterocycles. The highest BCUT2D eigenvalue weighted by Gasteiger charge is 2.10. The quantitative estimate of drug-likeness (QED) is 0.526. The number of hydrogen-bond donors (Lipinski definition) is 0. The molecule has 0 aliphatic carbocycles. The van der Waals surface area contributed by atoms with Gasteiger partial charge in [0.15, 0.2) is 0 Å². The van der Waals surface area contributed by atoms with Gasteiger partial charge in [-0.15, -0.1) is 0 Å². The van der Waals surface area contributed by atoms with E-state index in [0.717, 1.165) is 5.92 Å². The van der Waals surface area contributed by atoms with Crippen molar-refractivity contribution in [2.45, 2.75) is 71.1 Å². The average Bonchev–Trinajstić information content (AvgIpc) is 2.38. The Morgan fingerprint density at radius 3 is 2.12 bits per heavy atom. The van der Waals surface area contributed by atoms with Crippen LogP contribution >= 0.6 is 0 Å². The van der Waals surface area contributed by atoms with Gasteiger partial charge in [-0.25, -0.2) is 0 Å². The largest absolute Gasteiger partial charge is 0.264 e. The van der Waals surface area contributed by atoms with Crippen LogP contribution in [0.1, 0.15) is 76.7 Å². The van der Waals surface area contributed by atoms with Gasteiger partial charge in [-0.1, -0.05) is 58.4 Å². The highest BCUT2D eigenvalue weighted by molar-refractivity contribution is 5.14. The third kappa shape index (κ3) is 5.86. The molecule has 1 nitrogen and oxygen atoms in total. The summed E-state index contributed by atoms with van der Waals surface area (Å²) in [6.07, 6.45) is 14.7. The van der Waals surface area contributed by atoms with E-state index in [-0.39, 0.29) is 0 Å². The molecule has 96 valence electrons. The minimum atomic E-state index is 0.738. The van der Waals surface area contributed by atoms with Crippen LogP contribution in [0.3, 0.4) is 0 Å². The zero-order valence-corrected chi connectivity index (χ0v) is 11.5. The minimum Gasteiger partial charge on any atom is -0.264 e. The topological polar surface area (TPSA) is 12.9 Å². The molecule has 1 aromatic rings. The molecule has 1 aromatic heterocycles. The molecule has 0 radical (unpaired) electrons. The van der Waals surface area contributed by atoms with E-state index in [1.165, 1.54) is 56.9 Å². The minimum absolute atomic E-state index is 0.738. The second-order valence-corrected chi connectivity index (χ2v) is 4.97. The summed E-state index contributed by atoms with van der Waals surface area (Å²) >= 11 is 0. The molecule has 0 aliphatic heterocycles. The number of aromatic nitrogens is 1. The zero-order chi connectivity index (χ0) is 12.3. The van der Waals surface area contributed by atoms with E-state index in [1.807, 2.05) is 6.20 Å². The molecule has 0 amide bonds. The zero-order valence-electron chi connectivity index (χ0n) is 11.5. The average molecular weight is 233 g/mol. The maximum atomic E-state index is 4.26. The summed E-state index contributed by atoms with van der Waals surface area (Å²) in [4.78, 5) is 4.26. The predicted octanol–water partition coefficient (Wildman–Crippen LogP) is 5.33. The first-order chi connectivity index (χ1) is 8.38. The van der Waals surface area contributed by atoms with Crippen molar-refractivity contribution in [3.05, 3.63) is 30.1 Å². The van der Waals surface area contributed by atoms with E-state index in [4.69, 9.17) is 0 Å². The van der Waals surface area contributed by atoms with Crippen LogP contribution in [0.25, 0.3) is 0 Å². The lowest BCUT2D eigenvalue weighted by Crippen LogP contribution is -2.00. The first-order valence-electron chi connectivity index (χ1n) is 7.28. The highest BCUT2D eigenvalue weighted by Crippen LogP contribution is 2.27. The molecule has 0 aromatic carbocycles. The Bertz CT molecular complexity index is 258. The van der Waals surface area contributed by atoms with Crippen molar-refractivity contribution in [2.24, 2.45) is 0 Å². The molecule has 0 saturated carbocycles.